The zero-order valence-electron chi connectivity index (χ0n) is 6.66. The molecule has 0 radical (unpaired) electrons. The molecule has 2 rings (SSSR count). The van der Waals surface area contributed by atoms with Crippen LogP contribution in [0, 0.1) is 11.8 Å². The number of fused-ring (bicyclic) bond motifs is 2. The third-order valence-electron chi connectivity index (χ3n) is 3.39. The van der Waals surface area contributed by atoms with Crippen molar-refractivity contribution in [3.05, 3.63) is 0 Å². The first-order valence-corrected chi connectivity index (χ1v) is 4.66. The van der Waals surface area contributed by atoms with Crippen molar-refractivity contribution in [1.29, 1.82) is 0 Å². The van der Waals surface area contributed by atoms with Crippen LogP contribution in [0.2, 0.25) is 0 Å². The van der Waals surface area contributed by atoms with Crippen molar-refractivity contribution in [1.82, 2.24) is 0 Å². The Morgan fingerprint density at radius 2 is 2.25 bits per heavy atom. The normalized spacial score (nSPS) is 51.3. The summed E-state index contributed by atoms with van der Waals surface area (Å²) in [5.74, 6) is -0.505. The van der Waals surface area contributed by atoms with Gasteiger partial charge in [-0.05, 0) is 31.1 Å². The number of halogens is 1. The van der Waals surface area contributed by atoms with E-state index in [4.69, 9.17) is 22.4 Å². The molecule has 0 aromatic heterocycles. The molecule has 3 nitrogen and oxygen atoms in total. The van der Waals surface area contributed by atoms with Crippen LogP contribution in [-0.2, 0) is 4.79 Å². The summed E-state index contributed by atoms with van der Waals surface area (Å²) in [6, 6.07) is 0. The van der Waals surface area contributed by atoms with Gasteiger partial charge < -0.3 is 10.8 Å². The Balaban J connectivity index is 2.32. The number of rotatable bonds is 1. The summed E-state index contributed by atoms with van der Waals surface area (Å²) in [6.45, 7) is 0. The monoisotopic (exact) mass is 189 g/mol. The molecule has 2 fully saturated rings. The summed E-state index contributed by atoms with van der Waals surface area (Å²) in [7, 11) is 0. The Morgan fingerprint density at radius 1 is 1.58 bits per heavy atom. The number of nitrogens with two attached hydrogens (primary N) is 1. The first kappa shape index (κ1) is 8.32. The average molecular weight is 190 g/mol. The van der Waals surface area contributed by atoms with Crippen LogP contribution in [0.1, 0.15) is 19.3 Å². The second-order valence-electron chi connectivity index (χ2n) is 3.91. The third kappa shape index (κ3) is 0.783. The highest BCUT2D eigenvalue weighted by molar-refractivity contribution is 6.24. The molecule has 2 aliphatic rings. The summed E-state index contributed by atoms with van der Waals surface area (Å²) in [5.41, 5.74) is 4.65. The van der Waals surface area contributed by atoms with E-state index in [-0.39, 0.29) is 11.3 Å². The lowest BCUT2D eigenvalue weighted by Gasteiger charge is -2.33. The zero-order chi connectivity index (χ0) is 8.93. The fourth-order valence-corrected chi connectivity index (χ4v) is 3.12. The van der Waals surface area contributed by atoms with Crippen LogP contribution in [0.5, 0.6) is 0 Å². The lowest BCUT2D eigenvalue weighted by Crippen LogP contribution is -2.58. The summed E-state index contributed by atoms with van der Waals surface area (Å²) in [4.78, 5) is 10.9. The van der Waals surface area contributed by atoms with Gasteiger partial charge in [-0.3, -0.25) is 4.79 Å². The van der Waals surface area contributed by atoms with E-state index in [1.165, 1.54) is 0 Å². The molecule has 2 aliphatic carbocycles. The standard InChI is InChI=1S/C8H12ClNO2/c9-6-4-1-2-5(3-4)8(6,10)7(11)12/h4-6H,1-3,10H2,(H,11,12)/t4-,5-,6-,8-/m0/s1. The molecule has 0 amide bonds. The Labute approximate surface area is 75.9 Å². The minimum atomic E-state index is -1.15. The second kappa shape index (κ2) is 2.36. The van der Waals surface area contributed by atoms with Crippen LogP contribution in [0.3, 0.4) is 0 Å². The lowest BCUT2D eigenvalue weighted by molar-refractivity contribution is -0.145. The number of carboxylic acid groups (broad SMARTS) is 1. The summed E-state index contributed by atoms with van der Waals surface area (Å²) < 4.78 is 0. The fourth-order valence-electron chi connectivity index (χ4n) is 2.62. The van der Waals surface area contributed by atoms with E-state index in [9.17, 15) is 4.79 Å². The molecule has 0 spiro atoms. The lowest BCUT2D eigenvalue weighted by atomic mass is 9.81. The van der Waals surface area contributed by atoms with Crippen LogP contribution in [-0.4, -0.2) is 22.0 Å². The maximum absolute atomic E-state index is 10.9. The van der Waals surface area contributed by atoms with Gasteiger partial charge in [-0.25, -0.2) is 0 Å². The van der Waals surface area contributed by atoms with Crippen molar-refractivity contribution >= 4 is 17.6 Å². The van der Waals surface area contributed by atoms with Crippen molar-refractivity contribution in [2.45, 2.75) is 30.2 Å². The summed E-state index contributed by atoms with van der Waals surface area (Å²) in [6.07, 6.45) is 2.87. The van der Waals surface area contributed by atoms with Gasteiger partial charge in [-0.15, -0.1) is 11.6 Å². The molecule has 4 atom stereocenters. The number of hydrogen-bond donors (Lipinski definition) is 2. The van der Waals surface area contributed by atoms with Gasteiger partial charge in [0.25, 0.3) is 0 Å². The molecule has 12 heavy (non-hydrogen) atoms. The minimum absolute atomic E-state index is 0.0995. The van der Waals surface area contributed by atoms with Crippen LogP contribution in [0.4, 0.5) is 0 Å². The molecular formula is C8H12ClNO2. The number of alkyl halides is 1. The SMILES string of the molecule is N[C@@]1(C(=O)O)[C@H]2CC[C@@H](C2)[C@@H]1Cl. The highest BCUT2D eigenvalue weighted by Crippen LogP contribution is 2.52. The number of carboxylic acids is 1. The van der Waals surface area contributed by atoms with Crippen molar-refractivity contribution < 1.29 is 9.90 Å². The molecule has 4 heteroatoms. The minimum Gasteiger partial charge on any atom is -0.480 e. The largest absolute Gasteiger partial charge is 0.480 e. The summed E-state index contributed by atoms with van der Waals surface area (Å²) >= 11 is 6.01. The smallest absolute Gasteiger partial charge is 0.325 e. The molecule has 0 aromatic carbocycles. The number of aliphatic carboxylic acids is 1. The van der Waals surface area contributed by atoms with Crippen molar-refractivity contribution in [3.63, 3.8) is 0 Å². The van der Waals surface area contributed by atoms with Gasteiger partial charge in [-0.1, -0.05) is 0 Å². The first-order valence-electron chi connectivity index (χ1n) is 4.23. The third-order valence-corrected chi connectivity index (χ3v) is 4.11. The highest BCUT2D eigenvalue weighted by Gasteiger charge is 2.60. The highest BCUT2D eigenvalue weighted by atomic mass is 35.5. The van der Waals surface area contributed by atoms with Gasteiger partial charge in [0.1, 0.15) is 5.54 Å². The maximum Gasteiger partial charge on any atom is 0.325 e. The van der Waals surface area contributed by atoms with Crippen molar-refractivity contribution in [2.24, 2.45) is 17.6 Å². The maximum atomic E-state index is 10.9. The topological polar surface area (TPSA) is 63.3 Å². The molecule has 0 saturated heterocycles. The molecule has 0 unspecified atom stereocenters. The number of hydrogen-bond acceptors (Lipinski definition) is 2. The molecule has 0 aromatic rings. The van der Waals surface area contributed by atoms with Crippen LogP contribution >= 0.6 is 11.6 Å². The van der Waals surface area contributed by atoms with Gasteiger partial charge in [0, 0.05) is 0 Å². The van der Waals surface area contributed by atoms with Crippen LogP contribution < -0.4 is 5.73 Å². The Kier molecular flexibility index (Phi) is 1.64. The van der Waals surface area contributed by atoms with Gasteiger partial charge in [0.05, 0.1) is 5.38 Å². The molecular weight excluding hydrogens is 178 g/mol. The van der Waals surface area contributed by atoms with Gasteiger partial charge >= 0.3 is 5.97 Å². The average Bonchev–Trinajstić information content (AvgIpc) is 2.55. The molecule has 0 aliphatic heterocycles. The molecule has 68 valence electrons. The van der Waals surface area contributed by atoms with E-state index in [2.05, 4.69) is 0 Å². The predicted molar refractivity (Wildman–Crippen MR) is 45.0 cm³/mol. The van der Waals surface area contributed by atoms with Crippen molar-refractivity contribution in [2.75, 3.05) is 0 Å². The van der Waals surface area contributed by atoms with E-state index in [1.54, 1.807) is 0 Å². The molecule has 2 bridgehead atoms. The van der Waals surface area contributed by atoms with Crippen LogP contribution in [0.25, 0.3) is 0 Å². The van der Waals surface area contributed by atoms with Crippen molar-refractivity contribution in [3.8, 4) is 0 Å². The summed E-state index contributed by atoms with van der Waals surface area (Å²) in [5, 5.41) is 8.59. The van der Waals surface area contributed by atoms with E-state index < -0.39 is 11.5 Å². The molecule has 2 saturated carbocycles. The first-order chi connectivity index (χ1) is 5.56. The fraction of sp³-hybridized carbons (Fsp3) is 0.875. The van der Waals surface area contributed by atoms with Gasteiger partial charge in [-0.2, -0.15) is 0 Å². The zero-order valence-corrected chi connectivity index (χ0v) is 7.42. The Bertz CT molecular complexity index is 229. The van der Waals surface area contributed by atoms with E-state index in [0.29, 0.717) is 5.92 Å². The predicted octanol–water partition coefficient (Wildman–Crippen LogP) is 0.806. The quantitative estimate of drug-likeness (QED) is 0.600. The van der Waals surface area contributed by atoms with E-state index in [0.717, 1.165) is 19.3 Å². The molecule has 3 N–H and O–H groups in total. The molecule has 0 heterocycles. The van der Waals surface area contributed by atoms with Gasteiger partial charge in [0.15, 0.2) is 0 Å². The second-order valence-corrected chi connectivity index (χ2v) is 4.38. The van der Waals surface area contributed by atoms with E-state index >= 15 is 0 Å². The van der Waals surface area contributed by atoms with E-state index in [1.807, 2.05) is 0 Å². The van der Waals surface area contributed by atoms with Crippen LogP contribution in [0.15, 0.2) is 0 Å². The van der Waals surface area contributed by atoms with Gasteiger partial charge in [0.2, 0.25) is 0 Å². The number of carbonyl (C=O) groups is 1. The Hall–Kier alpha value is -0.280. The Morgan fingerprint density at radius 3 is 2.58 bits per heavy atom.